The highest BCUT2D eigenvalue weighted by atomic mass is 16.3. The van der Waals surface area contributed by atoms with Gasteiger partial charge in [-0.2, -0.15) is 0 Å². The Kier molecular flexibility index (Phi) is 2.16. The summed E-state index contributed by atoms with van der Waals surface area (Å²) in [6.07, 6.45) is 6.20. The third-order valence-corrected chi connectivity index (χ3v) is 4.12. The van der Waals surface area contributed by atoms with E-state index in [-0.39, 0.29) is 12.0 Å². The Morgan fingerprint density at radius 3 is 2.46 bits per heavy atom. The molecular formula is C11H20O2. The number of rotatable bonds is 2. The van der Waals surface area contributed by atoms with Crippen molar-refractivity contribution < 1.29 is 10.2 Å². The van der Waals surface area contributed by atoms with Crippen LogP contribution in [-0.4, -0.2) is 22.4 Å². The smallest absolute Gasteiger partial charge is 0.0728 e. The van der Waals surface area contributed by atoms with Gasteiger partial charge in [-0.05, 0) is 31.6 Å². The first kappa shape index (κ1) is 9.47. The Morgan fingerprint density at radius 1 is 1.31 bits per heavy atom. The van der Waals surface area contributed by atoms with Crippen molar-refractivity contribution in [2.45, 2.75) is 51.0 Å². The van der Waals surface area contributed by atoms with Crippen molar-refractivity contribution in [3.8, 4) is 0 Å². The molecular weight excluding hydrogens is 164 g/mol. The third-order valence-electron chi connectivity index (χ3n) is 4.12. The van der Waals surface area contributed by atoms with Gasteiger partial charge in [-0.15, -0.1) is 0 Å². The van der Waals surface area contributed by atoms with Crippen molar-refractivity contribution in [2.75, 3.05) is 6.61 Å². The summed E-state index contributed by atoms with van der Waals surface area (Å²) in [5, 5.41) is 19.8. The SMILES string of the molecule is CC1CCCC(O)(C2(CO)CC2)C1. The van der Waals surface area contributed by atoms with Crippen molar-refractivity contribution in [1.82, 2.24) is 0 Å². The van der Waals surface area contributed by atoms with Gasteiger partial charge in [0.15, 0.2) is 0 Å². The van der Waals surface area contributed by atoms with Gasteiger partial charge in [0, 0.05) is 5.41 Å². The molecule has 2 aliphatic carbocycles. The quantitative estimate of drug-likeness (QED) is 0.685. The second kappa shape index (κ2) is 2.96. The van der Waals surface area contributed by atoms with Crippen LogP contribution in [0.3, 0.4) is 0 Å². The van der Waals surface area contributed by atoms with Gasteiger partial charge < -0.3 is 10.2 Å². The van der Waals surface area contributed by atoms with Crippen LogP contribution in [0.15, 0.2) is 0 Å². The van der Waals surface area contributed by atoms with Crippen molar-refractivity contribution in [3.05, 3.63) is 0 Å². The summed E-state index contributed by atoms with van der Waals surface area (Å²) in [5.74, 6) is 0.628. The lowest BCUT2D eigenvalue weighted by Crippen LogP contribution is -2.45. The lowest BCUT2D eigenvalue weighted by Gasteiger charge is -2.41. The monoisotopic (exact) mass is 184 g/mol. The summed E-state index contributed by atoms with van der Waals surface area (Å²) in [5.41, 5.74) is -0.652. The van der Waals surface area contributed by atoms with Crippen LogP contribution >= 0.6 is 0 Å². The van der Waals surface area contributed by atoms with Crippen LogP contribution in [-0.2, 0) is 0 Å². The van der Waals surface area contributed by atoms with Crippen molar-refractivity contribution >= 4 is 0 Å². The average Bonchev–Trinajstić information content (AvgIpc) is 2.83. The van der Waals surface area contributed by atoms with E-state index in [1.54, 1.807) is 0 Å². The topological polar surface area (TPSA) is 40.5 Å². The molecule has 0 radical (unpaired) electrons. The van der Waals surface area contributed by atoms with E-state index in [0.717, 1.165) is 32.1 Å². The molecule has 2 unspecified atom stereocenters. The molecule has 76 valence electrons. The predicted octanol–water partition coefficient (Wildman–Crippen LogP) is 1.70. The van der Waals surface area contributed by atoms with E-state index in [9.17, 15) is 10.2 Å². The van der Waals surface area contributed by atoms with Crippen LogP contribution in [0.1, 0.15) is 45.4 Å². The van der Waals surface area contributed by atoms with E-state index in [2.05, 4.69) is 6.92 Å². The molecule has 13 heavy (non-hydrogen) atoms. The standard InChI is InChI=1S/C11H20O2/c1-9-3-2-4-11(13,7-9)10(8-12)5-6-10/h9,12-13H,2-8H2,1H3. The highest BCUT2D eigenvalue weighted by Crippen LogP contribution is 2.58. The van der Waals surface area contributed by atoms with E-state index in [1.165, 1.54) is 6.42 Å². The lowest BCUT2D eigenvalue weighted by molar-refractivity contribution is -0.0919. The Hall–Kier alpha value is -0.0800. The lowest BCUT2D eigenvalue weighted by atomic mass is 9.70. The van der Waals surface area contributed by atoms with Gasteiger partial charge in [0.05, 0.1) is 12.2 Å². The molecule has 2 nitrogen and oxygen atoms in total. The summed E-state index contributed by atoms with van der Waals surface area (Å²) < 4.78 is 0. The second-order valence-corrected chi connectivity index (χ2v) is 5.17. The van der Waals surface area contributed by atoms with Crippen LogP contribution in [0.4, 0.5) is 0 Å². The molecule has 2 aliphatic rings. The second-order valence-electron chi connectivity index (χ2n) is 5.17. The van der Waals surface area contributed by atoms with E-state index in [0.29, 0.717) is 5.92 Å². The molecule has 2 N–H and O–H groups in total. The fraction of sp³-hybridized carbons (Fsp3) is 1.00. The first-order chi connectivity index (χ1) is 6.12. The molecule has 0 amide bonds. The maximum Gasteiger partial charge on any atom is 0.0728 e. The normalized spacial score (nSPS) is 43.2. The van der Waals surface area contributed by atoms with Crippen LogP contribution in [0.25, 0.3) is 0 Å². The molecule has 0 saturated heterocycles. The summed E-state index contributed by atoms with van der Waals surface area (Å²) >= 11 is 0. The number of hydrogen-bond donors (Lipinski definition) is 2. The fourth-order valence-corrected chi connectivity index (χ4v) is 2.93. The Bertz CT molecular complexity index is 198. The zero-order valence-corrected chi connectivity index (χ0v) is 8.42. The minimum atomic E-state index is -0.542. The zero-order valence-electron chi connectivity index (χ0n) is 8.42. The Labute approximate surface area is 80.0 Å². The number of aliphatic hydroxyl groups is 2. The molecule has 0 aromatic heterocycles. The van der Waals surface area contributed by atoms with Gasteiger partial charge >= 0.3 is 0 Å². The van der Waals surface area contributed by atoms with Crippen LogP contribution in [0.2, 0.25) is 0 Å². The number of aliphatic hydroxyl groups excluding tert-OH is 1. The van der Waals surface area contributed by atoms with Gasteiger partial charge in [-0.1, -0.05) is 19.8 Å². The van der Waals surface area contributed by atoms with E-state index < -0.39 is 5.60 Å². The molecule has 0 bridgehead atoms. The third kappa shape index (κ3) is 1.40. The molecule has 2 rings (SSSR count). The van der Waals surface area contributed by atoms with Gasteiger partial charge in [-0.25, -0.2) is 0 Å². The first-order valence-corrected chi connectivity index (χ1v) is 5.45. The van der Waals surface area contributed by atoms with Crippen molar-refractivity contribution in [3.63, 3.8) is 0 Å². The summed E-state index contributed by atoms with van der Waals surface area (Å²) in [7, 11) is 0. The van der Waals surface area contributed by atoms with E-state index in [1.807, 2.05) is 0 Å². The van der Waals surface area contributed by atoms with E-state index in [4.69, 9.17) is 0 Å². The summed E-state index contributed by atoms with van der Waals surface area (Å²) in [6.45, 7) is 2.38. The largest absolute Gasteiger partial charge is 0.396 e. The Morgan fingerprint density at radius 2 is 2.00 bits per heavy atom. The average molecular weight is 184 g/mol. The maximum absolute atomic E-state index is 10.5. The van der Waals surface area contributed by atoms with Crippen LogP contribution in [0.5, 0.6) is 0 Å². The molecule has 2 atom stereocenters. The van der Waals surface area contributed by atoms with Gasteiger partial charge in [0.25, 0.3) is 0 Å². The van der Waals surface area contributed by atoms with Gasteiger partial charge in [0.2, 0.25) is 0 Å². The van der Waals surface area contributed by atoms with Gasteiger partial charge in [0.1, 0.15) is 0 Å². The fourth-order valence-electron chi connectivity index (χ4n) is 2.93. The first-order valence-electron chi connectivity index (χ1n) is 5.45. The molecule has 0 spiro atoms. The van der Waals surface area contributed by atoms with Gasteiger partial charge in [-0.3, -0.25) is 0 Å². The van der Waals surface area contributed by atoms with Crippen LogP contribution < -0.4 is 0 Å². The van der Waals surface area contributed by atoms with E-state index >= 15 is 0 Å². The van der Waals surface area contributed by atoms with Crippen molar-refractivity contribution in [1.29, 1.82) is 0 Å². The number of hydrogen-bond acceptors (Lipinski definition) is 2. The highest BCUT2D eigenvalue weighted by Gasteiger charge is 2.58. The molecule has 0 aliphatic heterocycles. The summed E-state index contributed by atoms with van der Waals surface area (Å²) in [4.78, 5) is 0. The molecule has 2 heteroatoms. The molecule has 0 heterocycles. The molecule has 2 saturated carbocycles. The summed E-state index contributed by atoms with van der Waals surface area (Å²) in [6, 6.07) is 0. The predicted molar refractivity (Wildman–Crippen MR) is 51.3 cm³/mol. The zero-order chi connectivity index (χ0) is 9.53. The minimum absolute atomic E-state index is 0.109. The minimum Gasteiger partial charge on any atom is -0.396 e. The molecule has 0 aromatic rings. The maximum atomic E-state index is 10.5. The molecule has 2 fully saturated rings. The molecule has 0 aromatic carbocycles. The highest BCUT2D eigenvalue weighted by molar-refractivity contribution is 5.09. The van der Waals surface area contributed by atoms with Crippen molar-refractivity contribution in [2.24, 2.45) is 11.3 Å². The Balaban J connectivity index is 2.10. The van der Waals surface area contributed by atoms with Crippen LogP contribution in [0, 0.1) is 11.3 Å².